The smallest absolute Gasteiger partial charge is 0.178 e. The van der Waals surface area contributed by atoms with Crippen LogP contribution in [0.3, 0.4) is 0 Å². The first kappa shape index (κ1) is 10.3. The minimum absolute atomic E-state index is 0.0150. The fourth-order valence-corrected chi connectivity index (χ4v) is 2.19. The minimum Gasteiger partial charge on any atom is -0.324 e. The Balaban J connectivity index is 2.43. The Morgan fingerprint density at radius 3 is 2.87 bits per heavy atom. The van der Waals surface area contributed by atoms with Crippen LogP contribution < -0.4 is 5.73 Å². The van der Waals surface area contributed by atoms with Crippen molar-refractivity contribution in [1.82, 2.24) is 4.98 Å². The molecule has 0 bridgehead atoms. The van der Waals surface area contributed by atoms with Crippen LogP contribution in [0.2, 0.25) is 0 Å². The lowest BCUT2D eigenvalue weighted by molar-refractivity contribution is 0.1000. The maximum Gasteiger partial charge on any atom is 0.178 e. The van der Waals surface area contributed by atoms with Crippen molar-refractivity contribution >= 4 is 5.78 Å². The molecule has 0 saturated carbocycles. The highest BCUT2D eigenvalue weighted by Gasteiger charge is 2.15. The van der Waals surface area contributed by atoms with E-state index in [0.29, 0.717) is 0 Å². The summed E-state index contributed by atoms with van der Waals surface area (Å²) < 4.78 is 0. The molecule has 3 nitrogen and oxygen atoms in total. The van der Waals surface area contributed by atoms with Crippen LogP contribution in [0.25, 0.3) is 0 Å². The highest BCUT2D eigenvalue weighted by molar-refractivity contribution is 5.98. The first-order valence-electron chi connectivity index (χ1n) is 5.52. The molecular formula is C12H16N2O. The van der Waals surface area contributed by atoms with E-state index in [1.807, 2.05) is 6.20 Å². The SMILES string of the molecule is NCC(=O)c1cncc2c1CCCCC2. The number of rotatable bonds is 2. The fourth-order valence-electron chi connectivity index (χ4n) is 2.19. The Hall–Kier alpha value is -1.22. The van der Waals surface area contributed by atoms with Crippen LogP contribution in [-0.2, 0) is 12.8 Å². The van der Waals surface area contributed by atoms with E-state index in [9.17, 15) is 4.79 Å². The number of aryl methyl sites for hydroxylation is 1. The second-order valence-electron chi connectivity index (χ2n) is 4.01. The number of nitrogens with zero attached hydrogens (tertiary/aromatic N) is 1. The van der Waals surface area contributed by atoms with Gasteiger partial charge in [0, 0.05) is 18.0 Å². The number of fused-ring (bicyclic) bond motifs is 1. The Kier molecular flexibility index (Phi) is 3.11. The fraction of sp³-hybridized carbons (Fsp3) is 0.500. The van der Waals surface area contributed by atoms with E-state index in [-0.39, 0.29) is 12.3 Å². The van der Waals surface area contributed by atoms with Gasteiger partial charge < -0.3 is 5.73 Å². The van der Waals surface area contributed by atoms with Gasteiger partial charge in [-0.3, -0.25) is 9.78 Å². The van der Waals surface area contributed by atoms with Crippen LogP contribution in [-0.4, -0.2) is 17.3 Å². The number of ketones is 1. The zero-order valence-electron chi connectivity index (χ0n) is 8.83. The lowest BCUT2D eigenvalue weighted by Gasteiger charge is -2.09. The van der Waals surface area contributed by atoms with E-state index in [0.717, 1.165) is 18.4 Å². The molecule has 0 fully saturated rings. The van der Waals surface area contributed by atoms with Gasteiger partial charge in [0.05, 0.1) is 6.54 Å². The highest BCUT2D eigenvalue weighted by Crippen LogP contribution is 2.22. The zero-order chi connectivity index (χ0) is 10.7. The summed E-state index contributed by atoms with van der Waals surface area (Å²) in [4.78, 5) is 15.8. The van der Waals surface area contributed by atoms with Crippen molar-refractivity contribution < 1.29 is 4.79 Å². The lowest BCUT2D eigenvalue weighted by Crippen LogP contribution is -2.16. The van der Waals surface area contributed by atoms with Gasteiger partial charge in [-0.15, -0.1) is 0 Å². The van der Waals surface area contributed by atoms with Gasteiger partial charge in [0.2, 0.25) is 0 Å². The van der Waals surface area contributed by atoms with Crippen molar-refractivity contribution in [2.75, 3.05) is 6.54 Å². The van der Waals surface area contributed by atoms with E-state index in [1.54, 1.807) is 6.20 Å². The first-order valence-corrected chi connectivity index (χ1v) is 5.52. The number of pyridine rings is 1. The summed E-state index contributed by atoms with van der Waals surface area (Å²) in [6.07, 6.45) is 9.22. The quantitative estimate of drug-likeness (QED) is 0.586. The largest absolute Gasteiger partial charge is 0.324 e. The monoisotopic (exact) mass is 204 g/mol. The van der Waals surface area contributed by atoms with Gasteiger partial charge in [-0.2, -0.15) is 0 Å². The maximum absolute atomic E-state index is 11.6. The van der Waals surface area contributed by atoms with Gasteiger partial charge in [0.25, 0.3) is 0 Å². The average Bonchev–Trinajstić information content (AvgIpc) is 2.52. The summed E-state index contributed by atoms with van der Waals surface area (Å²) in [6, 6.07) is 0. The molecule has 1 aromatic heterocycles. The van der Waals surface area contributed by atoms with Gasteiger partial charge in [-0.05, 0) is 36.8 Å². The van der Waals surface area contributed by atoms with E-state index in [4.69, 9.17) is 5.73 Å². The van der Waals surface area contributed by atoms with Crippen LogP contribution in [0.1, 0.15) is 40.7 Å². The van der Waals surface area contributed by atoms with Crippen molar-refractivity contribution in [2.24, 2.45) is 5.73 Å². The molecule has 0 amide bonds. The summed E-state index contributed by atoms with van der Waals surface area (Å²) in [5.74, 6) is 0.0150. The second kappa shape index (κ2) is 4.53. The molecule has 80 valence electrons. The first-order chi connectivity index (χ1) is 7.33. The van der Waals surface area contributed by atoms with E-state index < -0.39 is 0 Å². The molecule has 3 heteroatoms. The minimum atomic E-state index is 0.0150. The van der Waals surface area contributed by atoms with Gasteiger partial charge in [-0.1, -0.05) is 6.42 Å². The summed E-state index contributed by atoms with van der Waals surface area (Å²) in [7, 11) is 0. The van der Waals surface area contributed by atoms with Crippen LogP contribution in [0.5, 0.6) is 0 Å². The molecule has 0 spiro atoms. The molecule has 0 saturated heterocycles. The molecule has 1 aromatic rings. The molecular weight excluding hydrogens is 188 g/mol. The van der Waals surface area contributed by atoms with E-state index in [2.05, 4.69) is 4.98 Å². The van der Waals surface area contributed by atoms with Gasteiger partial charge >= 0.3 is 0 Å². The van der Waals surface area contributed by atoms with Crippen LogP contribution >= 0.6 is 0 Å². The molecule has 0 unspecified atom stereocenters. The Bertz CT molecular complexity index is 374. The van der Waals surface area contributed by atoms with Gasteiger partial charge in [-0.25, -0.2) is 0 Å². The van der Waals surface area contributed by atoms with Gasteiger partial charge in [0.1, 0.15) is 0 Å². The number of nitrogens with two attached hydrogens (primary N) is 1. The summed E-state index contributed by atoms with van der Waals surface area (Å²) in [5, 5.41) is 0. The van der Waals surface area contributed by atoms with Gasteiger partial charge in [0.15, 0.2) is 5.78 Å². The molecule has 0 aliphatic heterocycles. The van der Waals surface area contributed by atoms with Crippen molar-refractivity contribution in [1.29, 1.82) is 0 Å². The third kappa shape index (κ3) is 2.07. The van der Waals surface area contributed by atoms with E-state index in [1.165, 1.54) is 30.4 Å². The Labute approximate surface area is 89.7 Å². The van der Waals surface area contributed by atoms with Crippen LogP contribution in [0, 0.1) is 0 Å². The molecule has 0 radical (unpaired) electrons. The predicted octanol–water partition coefficient (Wildman–Crippen LogP) is 1.49. The van der Waals surface area contributed by atoms with Crippen molar-refractivity contribution in [3.05, 3.63) is 29.1 Å². The molecule has 1 aliphatic rings. The van der Waals surface area contributed by atoms with Crippen molar-refractivity contribution in [2.45, 2.75) is 32.1 Å². The van der Waals surface area contributed by atoms with Crippen molar-refractivity contribution in [3.63, 3.8) is 0 Å². The maximum atomic E-state index is 11.6. The number of aromatic nitrogens is 1. The van der Waals surface area contributed by atoms with Crippen LogP contribution in [0.15, 0.2) is 12.4 Å². The normalized spacial score (nSPS) is 15.5. The Morgan fingerprint density at radius 2 is 2.07 bits per heavy atom. The Morgan fingerprint density at radius 1 is 1.27 bits per heavy atom. The van der Waals surface area contributed by atoms with E-state index >= 15 is 0 Å². The molecule has 1 aliphatic carbocycles. The number of Topliss-reactive ketones (excluding diaryl/α,β-unsaturated/α-hetero) is 1. The summed E-state index contributed by atoms with van der Waals surface area (Å²) in [5.41, 5.74) is 8.58. The highest BCUT2D eigenvalue weighted by atomic mass is 16.1. The molecule has 2 rings (SSSR count). The number of carbonyl (C=O) groups excluding carboxylic acids is 1. The average molecular weight is 204 g/mol. The number of carbonyl (C=O) groups is 1. The van der Waals surface area contributed by atoms with Crippen molar-refractivity contribution in [3.8, 4) is 0 Å². The lowest BCUT2D eigenvalue weighted by atomic mass is 9.98. The number of hydrogen-bond acceptors (Lipinski definition) is 3. The van der Waals surface area contributed by atoms with Crippen LogP contribution in [0.4, 0.5) is 0 Å². The molecule has 15 heavy (non-hydrogen) atoms. The number of hydrogen-bond donors (Lipinski definition) is 1. The summed E-state index contributed by atoms with van der Waals surface area (Å²) in [6.45, 7) is 0.0815. The molecule has 1 heterocycles. The third-order valence-corrected chi connectivity index (χ3v) is 3.01. The third-order valence-electron chi connectivity index (χ3n) is 3.01. The zero-order valence-corrected chi connectivity index (χ0v) is 8.83. The summed E-state index contributed by atoms with van der Waals surface area (Å²) >= 11 is 0. The molecule has 0 atom stereocenters. The standard InChI is InChI=1S/C12H16N2O/c13-6-12(15)11-8-14-7-9-4-2-1-3-5-10(9)11/h7-8H,1-6,13H2. The second-order valence-corrected chi connectivity index (χ2v) is 4.01. The topological polar surface area (TPSA) is 56.0 Å². The predicted molar refractivity (Wildman–Crippen MR) is 58.9 cm³/mol. The molecule has 0 aromatic carbocycles. The molecule has 2 N–H and O–H groups in total.